The molecular weight excluding hydrogens is 338 g/mol. The summed E-state index contributed by atoms with van der Waals surface area (Å²) in [6.07, 6.45) is 4.89. The first-order chi connectivity index (χ1) is 13.0. The fourth-order valence-corrected chi connectivity index (χ4v) is 3.48. The number of amides is 2. The molecule has 1 aliphatic rings. The van der Waals surface area contributed by atoms with Crippen LogP contribution in [0.25, 0.3) is 10.8 Å². The molecule has 0 aliphatic carbocycles. The van der Waals surface area contributed by atoms with Crippen molar-refractivity contribution in [1.82, 2.24) is 4.90 Å². The van der Waals surface area contributed by atoms with Crippen LogP contribution in [0.1, 0.15) is 66.7 Å². The largest absolute Gasteiger partial charge is 0.493 e. The second-order valence-electron chi connectivity index (χ2n) is 7.22. The van der Waals surface area contributed by atoms with Crippen LogP contribution in [0.4, 0.5) is 0 Å². The lowest BCUT2D eigenvalue weighted by Crippen LogP contribution is -2.40. The zero-order chi connectivity index (χ0) is 19.4. The molecule has 0 unspecified atom stereocenters. The molecule has 2 aromatic rings. The van der Waals surface area contributed by atoms with Gasteiger partial charge in [-0.05, 0) is 31.5 Å². The van der Waals surface area contributed by atoms with Gasteiger partial charge < -0.3 is 4.74 Å². The molecule has 142 valence electrons. The van der Waals surface area contributed by atoms with Crippen molar-refractivity contribution >= 4 is 22.6 Å². The fraction of sp³-hybridized carbons (Fsp3) is 0.391. The van der Waals surface area contributed by atoms with E-state index in [1.165, 1.54) is 4.90 Å². The number of benzene rings is 2. The number of nitrogens with zero attached hydrogens (tertiary/aromatic N) is 1. The maximum Gasteiger partial charge on any atom is 0.261 e. The third-order valence-corrected chi connectivity index (χ3v) is 4.97. The van der Waals surface area contributed by atoms with Gasteiger partial charge in [0.05, 0.1) is 6.61 Å². The highest BCUT2D eigenvalue weighted by Crippen LogP contribution is 2.35. The monoisotopic (exact) mass is 365 g/mol. The number of hydrogen-bond donors (Lipinski definition) is 0. The molecule has 2 amide bonds. The van der Waals surface area contributed by atoms with E-state index in [4.69, 9.17) is 4.74 Å². The third kappa shape index (κ3) is 3.90. The summed E-state index contributed by atoms with van der Waals surface area (Å²) in [6.45, 7) is 9.00. The van der Waals surface area contributed by atoms with Crippen LogP contribution in [0.3, 0.4) is 0 Å². The van der Waals surface area contributed by atoms with Gasteiger partial charge in [-0.1, -0.05) is 43.9 Å². The molecule has 3 rings (SSSR count). The molecule has 27 heavy (non-hydrogen) atoms. The lowest BCUT2D eigenvalue weighted by Gasteiger charge is -2.27. The Morgan fingerprint density at radius 1 is 1.04 bits per heavy atom. The zero-order valence-electron chi connectivity index (χ0n) is 16.2. The van der Waals surface area contributed by atoms with Crippen LogP contribution < -0.4 is 4.74 Å². The molecule has 0 spiro atoms. The first kappa shape index (κ1) is 19.2. The quantitative estimate of drug-likeness (QED) is 0.341. The van der Waals surface area contributed by atoms with E-state index >= 15 is 0 Å². The van der Waals surface area contributed by atoms with Gasteiger partial charge in [-0.15, -0.1) is 6.58 Å². The predicted octanol–water partition coefficient (Wildman–Crippen LogP) is 5.36. The molecule has 0 saturated carbocycles. The van der Waals surface area contributed by atoms with Gasteiger partial charge >= 0.3 is 0 Å². The Morgan fingerprint density at radius 2 is 1.78 bits per heavy atom. The topological polar surface area (TPSA) is 46.6 Å². The summed E-state index contributed by atoms with van der Waals surface area (Å²) in [7, 11) is 0. The maximum atomic E-state index is 12.9. The Balaban J connectivity index is 1.91. The van der Waals surface area contributed by atoms with Gasteiger partial charge in [-0.3, -0.25) is 14.5 Å². The van der Waals surface area contributed by atoms with E-state index in [-0.39, 0.29) is 11.8 Å². The van der Waals surface area contributed by atoms with Crippen LogP contribution in [0, 0.1) is 0 Å². The van der Waals surface area contributed by atoms with Crippen molar-refractivity contribution in [3.05, 3.63) is 53.6 Å². The van der Waals surface area contributed by atoms with Crippen molar-refractivity contribution in [3.63, 3.8) is 0 Å². The van der Waals surface area contributed by atoms with Crippen molar-refractivity contribution in [2.24, 2.45) is 0 Å². The van der Waals surface area contributed by atoms with Gasteiger partial charge in [-0.25, -0.2) is 0 Å². The molecule has 0 bridgehead atoms. The molecule has 0 saturated heterocycles. The first-order valence-electron chi connectivity index (χ1n) is 9.73. The molecule has 0 N–H and O–H groups in total. The highest BCUT2D eigenvalue weighted by Gasteiger charge is 2.33. The molecule has 1 heterocycles. The molecule has 2 aromatic carbocycles. The van der Waals surface area contributed by atoms with Crippen LogP contribution in [0.15, 0.2) is 42.5 Å². The Morgan fingerprint density at radius 3 is 2.48 bits per heavy atom. The maximum absolute atomic E-state index is 12.9. The molecular formula is C23H27NO3. The van der Waals surface area contributed by atoms with Crippen LogP contribution in [-0.4, -0.2) is 29.9 Å². The summed E-state index contributed by atoms with van der Waals surface area (Å²) in [5.41, 5.74) is 2.23. The number of imide groups is 1. The van der Waals surface area contributed by atoms with Crippen LogP contribution in [0.2, 0.25) is 0 Å². The molecule has 1 aliphatic heterocycles. The van der Waals surface area contributed by atoms with E-state index in [0.717, 1.165) is 43.1 Å². The summed E-state index contributed by atoms with van der Waals surface area (Å²) < 4.78 is 5.90. The summed E-state index contributed by atoms with van der Waals surface area (Å²) in [5, 5.41) is 1.53. The summed E-state index contributed by atoms with van der Waals surface area (Å²) >= 11 is 0. The number of hydrogen-bond acceptors (Lipinski definition) is 3. The highest BCUT2D eigenvalue weighted by atomic mass is 16.5. The van der Waals surface area contributed by atoms with Crippen LogP contribution >= 0.6 is 0 Å². The summed E-state index contributed by atoms with van der Waals surface area (Å²) in [6, 6.07) is 9.20. The van der Waals surface area contributed by atoms with Crippen LogP contribution in [-0.2, 0) is 0 Å². The van der Waals surface area contributed by atoms with Crippen molar-refractivity contribution in [3.8, 4) is 5.75 Å². The second-order valence-corrected chi connectivity index (χ2v) is 7.22. The van der Waals surface area contributed by atoms with Gasteiger partial charge in [0.1, 0.15) is 5.75 Å². The normalized spacial score (nSPS) is 13.3. The van der Waals surface area contributed by atoms with Crippen molar-refractivity contribution < 1.29 is 14.3 Å². The minimum atomic E-state index is -0.200. The lowest BCUT2D eigenvalue weighted by molar-refractivity contribution is 0.0608. The van der Waals surface area contributed by atoms with E-state index in [2.05, 4.69) is 13.5 Å². The van der Waals surface area contributed by atoms with Crippen LogP contribution in [0.5, 0.6) is 5.75 Å². The van der Waals surface area contributed by atoms with Gasteiger partial charge in [0.2, 0.25) is 0 Å². The summed E-state index contributed by atoms with van der Waals surface area (Å²) in [5.74, 6) is 0.302. The first-order valence-corrected chi connectivity index (χ1v) is 9.73. The smallest absolute Gasteiger partial charge is 0.261 e. The number of rotatable bonds is 9. The van der Waals surface area contributed by atoms with Crippen molar-refractivity contribution in [2.75, 3.05) is 13.2 Å². The molecule has 0 atom stereocenters. The van der Waals surface area contributed by atoms with E-state index in [1.807, 2.05) is 25.1 Å². The average Bonchev–Trinajstić information content (AvgIpc) is 2.65. The molecule has 0 aromatic heterocycles. The standard InChI is InChI=1S/C23H27NO3/c1-4-5-6-7-14-24-22(25)18-10-8-9-17-20(27-15-13-16(2)3)12-11-19(21(17)18)23(24)26/h8-12H,2,4-7,13-15H2,1,3H3. The minimum Gasteiger partial charge on any atom is -0.493 e. The van der Waals surface area contributed by atoms with Gasteiger partial charge in [-0.2, -0.15) is 0 Å². The third-order valence-electron chi connectivity index (χ3n) is 4.97. The molecule has 4 nitrogen and oxygen atoms in total. The van der Waals surface area contributed by atoms with Gasteiger partial charge in [0.25, 0.3) is 11.8 Å². The Kier molecular flexibility index (Phi) is 5.94. The van der Waals surface area contributed by atoms with E-state index in [1.54, 1.807) is 12.1 Å². The van der Waals surface area contributed by atoms with Crippen molar-refractivity contribution in [2.45, 2.75) is 46.0 Å². The Labute approximate surface area is 160 Å². The van der Waals surface area contributed by atoms with Gasteiger partial charge in [0.15, 0.2) is 0 Å². The van der Waals surface area contributed by atoms with E-state index in [0.29, 0.717) is 35.4 Å². The number of ether oxygens (including phenoxy) is 1. The Hall–Kier alpha value is -2.62. The molecule has 0 radical (unpaired) electrons. The SMILES string of the molecule is C=C(C)CCOc1ccc2c3c(cccc13)C(=O)N(CCCCCC)C2=O. The summed E-state index contributed by atoms with van der Waals surface area (Å²) in [4.78, 5) is 27.3. The average molecular weight is 365 g/mol. The zero-order valence-corrected chi connectivity index (χ0v) is 16.2. The Bertz CT molecular complexity index is 862. The minimum absolute atomic E-state index is 0.200. The number of carbonyl (C=O) groups is 2. The number of carbonyl (C=O) groups excluding carboxylic acids is 2. The molecule has 4 heteroatoms. The highest BCUT2D eigenvalue weighted by molar-refractivity contribution is 6.26. The number of unbranched alkanes of at least 4 members (excludes halogenated alkanes) is 3. The fourth-order valence-electron chi connectivity index (χ4n) is 3.48. The van der Waals surface area contributed by atoms with E-state index in [9.17, 15) is 9.59 Å². The lowest BCUT2D eigenvalue weighted by atomic mass is 9.93. The molecule has 0 fully saturated rings. The second kappa shape index (κ2) is 8.38. The predicted molar refractivity (Wildman–Crippen MR) is 108 cm³/mol. The van der Waals surface area contributed by atoms with Crippen molar-refractivity contribution in [1.29, 1.82) is 0 Å². The van der Waals surface area contributed by atoms with Gasteiger partial charge in [0, 0.05) is 34.9 Å². The van der Waals surface area contributed by atoms with E-state index < -0.39 is 0 Å².